The molecule has 180 valence electrons. The van der Waals surface area contributed by atoms with E-state index in [1.54, 1.807) is 18.2 Å². The van der Waals surface area contributed by atoms with E-state index in [4.69, 9.17) is 24.7 Å². The highest BCUT2D eigenvalue weighted by molar-refractivity contribution is 8.04. The van der Waals surface area contributed by atoms with Gasteiger partial charge >= 0.3 is 11.9 Å². The normalized spacial score (nSPS) is 22.8. The number of ether oxygens (including phenoxy) is 4. The molecule has 3 aliphatic heterocycles. The maximum absolute atomic E-state index is 13.9. The topological polar surface area (TPSA) is 134 Å². The number of nitrogens with zero attached hydrogens (tertiary/aromatic N) is 1. The summed E-state index contributed by atoms with van der Waals surface area (Å²) >= 11 is 0.951. The number of nitrogens with two attached hydrogens (primary N) is 1. The Hall–Kier alpha value is -3.99. The fraction of sp³-hybridized carbons (Fsp3) is 0.250. The molecule has 0 saturated carbocycles. The van der Waals surface area contributed by atoms with Gasteiger partial charge in [-0.1, -0.05) is 23.9 Å². The summed E-state index contributed by atoms with van der Waals surface area (Å²) in [5.41, 5.74) is 7.14. The zero-order chi connectivity index (χ0) is 25.0. The predicted octanol–water partition coefficient (Wildman–Crippen LogP) is 1.97. The second-order valence-electron chi connectivity index (χ2n) is 7.98. The number of rotatable bonds is 4. The van der Waals surface area contributed by atoms with Crippen LogP contribution in [0.15, 0.2) is 47.0 Å². The number of imide groups is 1. The van der Waals surface area contributed by atoms with Crippen molar-refractivity contribution in [2.45, 2.75) is 11.2 Å². The van der Waals surface area contributed by atoms with Gasteiger partial charge in [-0.3, -0.25) is 9.59 Å². The molecule has 0 aliphatic carbocycles. The Kier molecular flexibility index (Phi) is 5.43. The van der Waals surface area contributed by atoms with Gasteiger partial charge in [-0.25, -0.2) is 14.5 Å². The van der Waals surface area contributed by atoms with Crippen LogP contribution in [0.2, 0.25) is 0 Å². The molecule has 3 atom stereocenters. The van der Waals surface area contributed by atoms with E-state index in [2.05, 4.69) is 0 Å². The summed E-state index contributed by atoms with van der Waals surface area (Å²) in [4.78, 5) is 53.5. The van der Waals surface area contributed by atoms with E-state index in [-0.39, 0.29) is 33.4 Å². The molecule has 0 unspecified atom stereocenters. The maximum atomic E-state index is 13.9. The number of benzene rings is 2. The first-order chi connectivity index (χ1) is 16.8. The van der Waals surface area contributed by atoms with Gasteiger partial charge in [-0.05, 0) is 24.3 Å². The van der Waals surface area contributed by atoms with Crippen LogP contribution < -0.4 is 24.8 Å². The van der Waals surface area contributed by atoms with Crippen LogP contribution in [0.5, 0.6) is 17.2 Å². The molecular weight excluding hydrogens is 476 g/mol. The summed E-state index contributed by atoms with van der Waals surface area (Å²) in [6, 6.07) is 9.38. The summed E-state index contributed by atoms with van der Waals surface area (Å²) < 4.78 is 21.0. The summed E-state index contributed by atoms with van der Waals surface area (Å²) in [5, 5.41) is -0.777. The minimum atomic E-state index is -0.944. The lowest BCUT2D eigenvalue weighted by Crippen LogP contribution is -2.39. The number of amides is 2. The van der Waals surface area contributed by atoms with Crippen LogP contribution in [0.1, 0.15) is 21.8 Å². The minimum Gasteiger partial charge on any atom is -0.495 e. The van der Waals surface area contributed by atoms with Crippen LogP contribution in [-0.2, 0) is 19.1 Å². The van der Waals surface area contributed by atoms with Crippen molar-refractivity contribution in [1.82, 2.24) is 0 Å². The smallest absolute Gasteiger partial charge is 0.342 e. The van der Waals surface area contributed by atoms with Crippen LogP contribution in [-0.4, -0.2) is 50.3 Å². The lowest BCUT2D eigenvalue weighted by molar-refractivity contribution is -0.132. The van der Waals surface area contributed by atoms with Gasteiger partial charge in [-0.15, -0.1) is 0 Å². The molecule has 0 bridgehead atoms. The Morgan fingerprint density at radius 2 is 1.77 bits per heavy atom. The van der Waals surface area contributed by atoms with Crippen molar-refractivity contribution in [3.8, 4) is 17.2 Å². The Bertz CT molecular complexity index is 1340. The van der Waals surface area contributed by atoms with E-state index in [1.165, 1.54) is 39.5 Å². The zero-order valence-corrected chi connectivity index (χ0v) is 19.7. The zero-order valence-electron chi connectivity index (χ0n) is 18.9. The Morgan fingerprint density at radius 3 is 2.46 bits per heavy atom. The molecular formula is C24H20N2O8S. The molecule has 3 aliphatic rings. The van der Waals surface area contributed by atoms with Crippen LogP contribution in [0.3, 0.4) is 0 Å². The highest BCUT2D eigenvalue weighted by atomic mass is 32.2. The number of anilines is 1. The molecule has 35 heavy (non-hydrogen) atoms. The molecule has 1 fully saturated rings. The van der Waals surface area contributed by atoms with Crippen LogP contribution in [0.25, 0.3) is 0 Å². The van der Waals surface area contributed by atoms with Crippen molar-refractivity contribution in [3.63, 3.8) is 0 Å². The molecule has 0 radical (unpaired) electrons. The number of carbonyl (C=O) groups excluding carboxylic acids is 4. The largest absolute Gasteiger partial charge is 0.495 e. The number of hydrogen-bond donors (Lipinski definition) is 1. The molecule has 1 saturated heterocycles. The van der Waals surface area contributed by atoms with E-state index in [9.17, 15) is 19.2 Å². The monoisotopic (exact) mass is 496 g/mol. The predicted molar refractivity (Wildman–Crippen MR) is 124 cm³/mol. The van der Waals surface area contributed by atoms with Crippen LogP contribution in [0, 0.1) is 5.92 Å². The minimum absolute atomic E-state index is 0.102. The maximum Gasteiger partial charge on any atom is 0.342 e. The van der Waals surface area contributed by atoms with E-state index in [1.807, 2.05) is 0 Å². The number of para-hydroxylation sites is 1. The fourth-order valence-corrected chi connectivity index (χ4v) is 6.00. The highest BCUT2D eigenvalue weighted by Crippen LogP contribution is 2.56. The molecule has 0 aromatic heterocycles. The number of thioether (sulfide) groups is 1. The molecule has 2 amide bonds. The molecule has 2 aromatic carbocycles. The summed E-state index contributed by atoms with van der Waals surface area (Å²) in [6.45, 7) is 0. The van der Waals surface area contributed by atoms with Gasteiger partial charge in [0.25, 0.3) is 0 Å². The van der Waals surface area contributed by atoms with Gasteiger partial charge in [-0.2, -0.15) is 0 Å². The standard InChI is InChI=1S/C24H20N2O8S/c1-31-13-8-7-10(23(29)33-3)9-12(13)26-21(27)16-15-11-5-4-6-14(32-2)18(11)34-24(30)17(15)20(25)35-19(16)22(26)28/h4-9,15-16,19H,25H2,1-3H3/t15-,16+,19+/m1/s1. The van der Waals surface area contributed by atoms with Crippen molar-refractivity contribution in [1.29, 1.82) is 0 Å². The third-order valence-electron chi connectivity index (χ3n) is 6.30. The quantitative estimate of drug-likeness (QED) is 0.380. The Labute approximate surface area is 203 Å². The third-order valence-corrected chi connectivity index (χ3v) is 7.53. The SMILES string of the molecule is COC(=O)c1ccc(OC)c(N2C(=O)[C@@H]3[C@H](SC(N)=C4C(=O)Oc5c(OC)cccc5[C@@H]43)C2=O)c1. The average molecular weight is 496 g/mol. The van der Waals surface area contributed by atoms with Crippen molar-refractivity contribution in [3.05, 3.63) is 58.1 Å². The molecule has 2 N–H and O–H groups in total. The second-order valence-corrected chi connectivity index (χ2v) is 9.16. The van der Waals surface area contributed by atoms with Gasteiger partial charge in [0.05, 0.1) is 49.1 Å². The van der Waals surface area contributed by atoms with E-state index in [0.29, 0.717) is 11.3 Å². The molecule has 3 heterocycles. The number of carbonyl (C=O) groups is 4. The van der Waals surface area contributed by atoms with Gasteiger partial charge in [0.15, 0.2) is 11.5 Å². The van der Waals surface area contributed by atoms with E-state index < -0.39 is 40.8 Å². The Morgan fingerprint density at radius 1 is 1.03 bits per heavy atom. The highest BCUT2D eigenvalue weighted by Gasteiger charge is 2.59. The Balaban J connectivity index is 1.66. The molecule has 0 spiro atoms. The summed E-state index contributed by atoms with van der Waals surface area (Å²) in [5.74, 6) is -3.44. The third kappa shape index (κ3) is 3.26. The van der Waals surface area contributed by atoms with Crippen molar-refractivity contribution >= 4 is 41.2 Å². The van der Waals surface area contributed by atoms with E-state index >= 15 is 0 Å². The molecule has 10 nitrogen and oxygen atoms in total. The van der Waals surface area contributed by atoms with Crippen LogP contribution >= 0.6 is 11.8 Å². The summed E-state index contributed by atoms with van der Waals surface area (Å²) in [7, 11) is 4.06. The lowest BCUT2D eigenvalue weighted by Gasteiger charge is -2.36. The molecule has 2 aromatic rings. The number of methoxy groups -OCH3 is 3. The first-order valence-corrected chi connectivity index (χ1v) is 11.4. The first kappa shape index (κ1) is 22.8. The van der Waals surface area contributed by atoms with Crippen molar-refractivity contribution < 1.29 is 38.1 Å². The van der Waals surface area contributed by atoms with Crippen molar-refractivity contribution in [2.24, 2.45) is 11.7 Å². The number of hydrogen-bond acceptors (Lipinski definition) is 10. The lowest BCUT2D eigenvalue weighted by atomic mass is 9.77. The van der Waals surface area contributed by atoms with Crippen LogP contribution in [0.4, 0.5) is 5.69 Å². The summed E-state index contributed by atoms with van der Waals surface area (Å²) in [6.07, 6.45) is 0. The molecule has 11 heteroatoms. The van der Waals surface area contributed by atoms with E-state index in [0.717, 1.165) is 16.7 Å². The number of esters is 2. The van der Waals surface area contributed by atoms with Gasteiger partial charge in [0, 0.05) is 11.5 Å². The number of fused-ring (bicyclic) bond motifs is 5. The molecule has 5 rings (SSSR count). The van der Waals surface area contributed by atoms with Crippen molar-refractivity contribution in [2.75, 3.05) is 26.2 Å². The fourth-order valence-electron chi connectivity index (χ4n) is 4.76. The average Bonchev–Trinajstić information content (AvgIpc) is 3.11. The van der Waals surface area contributed by atoms with Gasteiger partial charge < -0.3 is 24.7 Å². The first-order valence-electron chi connectivity index (χ1n) is 10.5. The second kappa shape index (κ2) is 8.35. The van der Waals surface area contributed by atoms with Gasteiger partial charge in [0.1, 0.15) is 11.0 Å². The van der Waals surface area contributed by atoms with Gasteiger partial charge in [0.2, 0.25) is 11.8 Å².